The highest BCUT2D eigenvalue weighted by Crippen LogP contribution is 2.27. The van der Waals surface area contributed by atoms with Gasteiger partial charge in [-0.05, 0) is 24.3 Å². The SMILES string of the molecule is CCN(CC)S(=O)(=O)c1ccc(-c2csc(NC(=O)c3ccccc3)n2)cc1. The average Bonchev–Trinajstić information content (AvgIpc) is 3.18. The van der Waals surface area contributed by atoms with E-state index in [4.69, 9.17) is 0 Å². The predicted molar refractivity (Wildman–Crippen MR) is 112 cm³/mol. The number of nitrogens with one attached hydrogen (secondary N) is 1. The summed E-state index contributed by atoms with van der Waals surface area (Å²) in [5.74, 6) is -0.220. The van der Waals surface area contributed by atoms with Crippen molar-refractivity contribution >= 4 is 32.4 Å². The minimum absolute atomic E-state index is 0.220. The highest BCUT2D eigenvalue weighted by atomic mass is 32.2. The first-order chi connectivity index (χ1) is 13.5. The van der Waals surface area contributed by atoms with Crippen molar-refractivity contribution in [1.82, 2.24) is 9.29 Å². The first kappa shape index (κ1) is 20.2. The number of rotatable bonds is 7. The van der Waals surface area contributed by atoms with Crippen molar-refractivity contribution in [3.8, 4) is 11.3 Å². The second-order valence-electron chi connectivity index (χ2n) is 5.97. The highest BCUT2D eigenvalue weighted by Gasteiger charge is 2.21. The number of nitrogens with zero attached hydrogens (tertiary/aromatic N) is 2. The van der Waals surface area contributed by atoms with Gasteiger partial charge < -0.3 is 0 Å². The van der Waals surface area contributed by atoms with Gasteiger partial charge in [-0.15, -0.1) is 11.3 Å². The van der Waals surface area contributed by atoms with E-state index in [0.717, 1.165) is 5.56 Å². The quantitative estimate of drug-likeness (QED) is 0.630. The molecule has 3 rings (SSSR count). The van der Waals surface area contributed by atoms with Gasteiger partial charge in [-0.2, -0.15) is 4.31 Å². The Hall–Kier alpha value is -2.55. The first-order valence-corrected chi connectivity index (χ1v) is 11.2. The highest BCUT2D eigenvalue weighted by molar-refractivity contribution is 7.89. The molecule has 1 aromatic heterocycles. The second-order valence-corrected chi connectivity index (χ2v) is 8.77. The summed E-state index contributed by atoms with van der Waals surface area (Å²) >= 11 is 1.32. The fourth-order valence-electron chi connectivity index (χ4n) is 2.73. The Labute approximate surface area is 168 Å². The molecule has 1 heterocycles. The Morgan fingerprint density at radius 2 is 1.68 bits per heavy atom. The largest absolute Gasteiger partial charge is 0.298 e. The fourth-order valence-corrected chi connectivity index (χ4v) is 4.91. The molecule has 3 aromatic rings. The van der Waals surface area contributed by atoms with Crippen LogP contribution < -0.4 is 5.32 Å². The molecule has 0 aliphatic carbocycles. The lowest BCUT2D eigenvalue weighted by Crippen LogP contribution is -2.30. The van der Waals surface area contributed by atoms with Crippen LogP contribution in [0.4, 0.5) is 5.13 Å². The van der Waals surface area contributed by atoms with Crippen LogP contribution in [0.3, 0.4) is 0 Å². The van der Waals surface area contributed by atoms with Gasteiger partial charge in [-0.25, -0.2) is 13.4 Å². The van der Waals surface area contributed by atoms with E-state index < -0.39 is 10.0 Å². The van der Waals surface area contributed by atoms with Crippen molar-refractivity contribution in [2.45, 2.75) is 18.7 Å². The van der Waals surface area contributed by atoms with Gasteiger partial charge in [0.25, 0.3) is 5.91 Å². The second kappa shape index (κ2) is 8.64. The number of aromatic nitrogens is 1. The van der Waals surface area contributed by atoms with Gasteiger partial charge in [0.2, 0.25) is 10.0 Å². The van der Waals surface area contributed by atoms with Crippen LogP contribution in [0.2, 0.25) is 0 Å². The summed E-state index contributed by atoms with van der Waals surface area (Å²) in [6.45, 7) is 4.49. The van der Waals surface area contributed by atoms with Gasteiger partial charge in [-0.1, -0.05) is 44.2 Å². The Morgan fingerprint density at radius 3 is 2.29 bits per heavy atom. The number of amides is 1. The van der Waals surface area contributed by atoms with Crippen LogP contribution >= 0.6 is 11.3 Å². The van der Waals surface area contributed by atoms with Gasteiger partial charge in [0.1, 0.15) is 0 Å². The number of anilines is 1. The fraction of sp³-hybridized carbons (Fsp3) is 0.200. The third-order valence-electron chi connectivity index (χ3n) is 4.25. The Morgan fingerprint density at radius 1 is 1.04 bits per heavy atom. The Bertz CT molecular complexity index is 1040. The molecule has 0 radical (unpaired) electrons. The number of hydrogen-bond donors (Lipinski definition) is 1. The minimum atomic E-state index is -3.48. The van der Waals surface area contributed by atoms with Crippen LogP contribution in [-0.4, -0.2) is 36.7 Å². The van der Waals surface area contributed by atoms with E-state index in [2.05, 4.69) is 10.3 Å². The molecule has 0 spiro atoms. The zero-order chi connectivity index (χ0) is 20.1. The predicted octanol–water partition coefficient (Wildman–Crippen LogP) is 4.09. The van der Waals surface area contributed by atoms with E-state index in [1.807, 2.05) is 25.3 Å². The van der Waals surface area contributed by atoms with Gasteiger partial charge in [-0.3, -0.25) is 10.1 Å². The van der Waals surface area contributed by atoms with E-state index in [9.17, 15) is 13.2 Å². The van der Waals surface area contributed by atoms with E-state index in [0.29, 0.717) is 29.5 Å². The summed E-state index contributed by atoms with van der Waals surface area (Å²) in [7, 11) is -3.48. The van der Waals surface area contributed by atoms with Crippen molar-refractivity contribution in [2.75, 3.05) is 18.4 Å². The molecule has 2 aromatic carbocycles. The van der Waals surface area contributed by atoms with Gasteiger partial charge >= 0.3 is 0 Å². The number of carbonyl (C=O) groups is 1. The molecule has 1 N–H and O–H groups in total. The molecule has 8 heteroatoms. The minimum Gasteiger partial charge on any atom is -0.298 e. The molecular formula is C20H21N3O3S2. The van der Waals surface area contributed by atoms with E-state index in [-0.39, 0.29) is 10.8 Å². The molecule has 0 bridgehead atoms. The van der Waals surface area contributed by atoms with Crippen LogP contribution in [0.15, 0.2) is 64.9 Å². The number of sulfonamides is 1. The Balaban J connectivity index is 1.76. The van der Waals surface area contributed by atoms with Crippen LogP contribution in [-0.2, 0) is 10.0 Å². The summed E-state index contributed by atoms with van der Waals surface area (Å²) in [6, 6.07) is 15.6. The molecule has 0 aliphatic heterocycles. The van der Waals surface area contributed by atoms with Gasteiger partial charge in [0, 0.05) is 29.6 Å². The molecule has 0 atom stereocenters. The van der Waals surface area contributed by atoms with Crippen LogP contribution in [0, 0.1) is 0 Å². The summed E-state index contributed by atoms with van der Waals surface area (Å²) in [5, 5.41) is 5.10. The van der Waals surface area contributed by atoms with Gasteiger partial charge in [0.15, 0.2) is 5.13 Å². The van der Waals surface area contributed by atoms with E-state index in [1.54, 1.807) is 48.5 Å². The normalized spacial score (nSPS) is 11.5. The number of hydrogen-bond acceptors (Lipinski definition) is 5. The Kier molecular flexibility index (Phi) is 6.23. The molecule has 0 saturated heterocycles. The maximum Gasteiger partial charge on any atom is 0.257 e. The van der Waals surface area contributed by atoms with Crippen molar-refractivity contribution in [1.29, 1.82) is 0 Å². The van der Waals surface area contributed by atoms with Crippen molar-refractivity contribution in [3.05, 3.63) is 65.5 Å². The standard InChI is InChI=1S/C20H21N3O3S2/c1-3-23(4-2)28(25,26)17-12-10-15(11-13-17)18-14-27-20(21-18)22-19(24)16-8-6-5-7-9-16/h5-14H,3-4H2,1-2H3,(H,21,22,24). The monoisotopic (exact) mass is 415 g/mol. The lowest BCUT2D eigenvalue weighted by molar-refractivity contribution is 0.102. The van der Waals surface area contributed by atoms with E-state index in [1.165, 1.54) is 15.6 Å². The number of benzene rings is 2. The molecule has 6 nitrogen and oxygen atoms in total. The topological polar surface area (TPSA) is 79.4 Å². The lowest BCUT2D eigenvalue weighted by Gasteiger charge is -2.18. The van der Waals surface area contributed by atoms with E-state index >= 15 is 0 Å². The maximum absolute atomic E-state index is 12.6. The summed E-state index contributed by atoms with van der Waals surface area (Å²) < 4.78 is 26.6. The first-order valence-electron chi connectivity index (χ1n) is 8.88. The van der Waals surface area contributed by atoms with Crippen LogP contribution in [0.25, 0.3) is 11.3 Å². The zero-order valence-corrected chi connectivity index (χ0v) is 17.3. The van der Waals surface area contributed by atoms with Crippen molar-refractivity contribution in [3.63, 3.8) is 0 Å². The summed E-state index contributed by atoms with van der Waals surface area (Å²) in [6.07, 6.45) is 0. The average molecular weight is 416 g/mol. The zero-order valence-electron chi connectivity index (χ0n) is 15.6. The number of thiazole rings is 1. The van der Waals surface area contributed by atoms with Crippen molar-refractivity contribution in [2.24, 2.45) is 0 Å². The summed E-state index contributed by atoms with van der Waals surface area (Å²) in [5.41, 5.74) is 2.03. The smallest absolute Gasteiger partial charge is 0.257 e. The third kappa shape index (κ3) is 4.30. The van der Waals surface area contributed by atoms with Gasteiger partial charge in [0.05, 0.1) is 10.6 Å². The molecule has 0 saturated carbocycles. The molecule has 146 valence electrons. The lowest BCUT2D eigenvalue weighted by atomic mass is 10.2. The molecule has 0 aliphatic rings. The molecule has 1 amide bonds. The molecule has 0 fully saturated rings. The molecule has 0 unspecified atom stereocenters. The molecular weight excluding hydrogens is 394 g/mol. The molecule has 28 heavy (non-hydrogen) atoms. The third-order valence-corrected chi connectivity index (χ3v) is 7.08. The maximum atomic E-state index is 12.6. The van der Waals surface area contributed by atoms with Crippen molar-refractivity contribution < 1.29 is 13.2 Å². The van der Waals surface area contributed by atoms with Crippen LogP contribution in [0.1, 0.15) is 24.2 Å². The van der Waals surface area contributed by atoms with Crippen LogP contribution in [0.5, 0.6) is 0 Å². The summed E-state index contributed by atoms with van der Waals surface area (Å²) in [4.78, 5) is 16.9. The number of carbonyl (C=O) groups excluding carboxylic acids is 1.